The third-order valence-corrected chi connectivity index (χ3v) is 6.23. The molecule has 3 rings (SSSR count). The highest BCUT2D eigenvalue weighted by atomic mass is 32.2. The monoisotopic (exact) mass is 454 g/mol. The Hall–Kier alpha value is -3.30. The molecule has 0 aliphatic heterocycles. The number of carbonyl (C=O) groups excluding carboxylic acids is 1. The zero-order valence-corrected chi connectivity index (χ0v) is 19.0. The number of aromatic amines is 1. The number of amides is 1. The summed E-state index contributed by atoms with van der Waals surface area (Å²) in [5, 5.41) is 2.84. The van der Waals surface area contributed by atoms with Crippen molar-refractivity contribution < 1.29 is 13.2 Å². The van der Waals surface area contributed by atoms with Gasteiger partial charge in [-0.15, -0.1) is 0 Å². The molecule has 32 heavy (non-hydrogen) atoms. The van der Waals surface area contributed by atoms with Gasteiger partial charge in [-0.1, -0.05) is 24.3 Å². The molecular weight excluding hydrogens is 428 g/mol. The number of aromatic nitrogens is 2. The molecule has 1 aromatic heterocycles. The van der Waals surface area contributed by atoms with Crippen molar-refractivity contribution in [3.05, 3.63) is 76.2 Å². The van der Waals surface area contributed by atoms with E-state index < -0.39 is 10.0 Å². The summed E-state index contributed by atoms with van der Waals surface area (Å²) in [5.41, 5.74) is 2.52. The Morgan fingerprint density at radius 3 is 2.47 bits per heavy atom. The molecule has 0 fully saturated rings. The minimum absolute atomic E-state index is 0.175. The van der Waals surface area contributed by atoms with Crippen LogP contribution < -0.4 is 15.6 Å². The summed E-state index contributed by atoms with van der Waals surface area (Å²) in [5.74, 6) is 0.263. The van der Waals surface area contributed by atoms with Gasteiger partial charge in [0.2, 0.25) is 15.9 Å². The molecule has 0 radical (unpaired) electrons. The number of aryl methyl sites for hydroxylation is 2. The topological polar surface area (TPSA) is 121 Å². The Balaban J connectivity index is 1.61. The normalized spacial score (nSPS) is 11.5. The first-order chi connectivity index (χ1) is 15.1. The van der Waals surface area contributed by atoms with Gasteiger partial charge in [-0.3, -0.25) is 9.59 Å². The minimum atomic E-state index is -3.54. The van der Waals surface area contributed by atoms with Crippen LogP contribution in [0.1, 0.15) is 31.5 Å². The smallest absolute Gasteiger partial charge is 0.251 e. The number of nitrogens with zero attached hydrogens (tertiary/aromatic N) is 1. The van der Waals surface area contributed by atoms with Crippen LogP contribution in [0.3, 0.4) is 0 Å². The number of hydrogen-bond donors (Lipinski definition) is 3. The maximum absolute atomic E-state index is 12.4. The number of nitrogens with one attached hydrogen (secondary N) is 3. The largest absolute Gasteiger partial charge is 0.326 e. The molecule has 3 N–H and O–H groups in total. The van der Waals surface area contributed by atoms with E-state index in [1.807, 2.05) is 0 Å². The first-order valence-corrected chi connectivity index (χ1v) is 11.7. The molecule has 9 heteroatoms. The zero-order chi connectivity index (χ0) is 23.3. The van der Waals surface area contributed by atoms with Crippen LogP contribution >= 0.6 is 0 Å². The lowest BCUT2D eigenvalue weighted by Gasteiger charge is -2.10. The third-order valence-electron chi connectivity index (χ3n) is 4.55. The van der Waals surface area contributed by atoms with Gasteiger partial charge in [-0.25, -0.2) is 18.1 Å². The second kappa shape index (κ2) is 9.88. The van der Waals surface area contributed by atoms with Gasteiger partial charge in [0.05, 0.1) is 4.90 Å². The van der Waals surface area contributed by atoms with E-state index in [4.69, 9.17) is 0 Å². The quantitative estimate of drug-likeness (QED) is 0.483. The van der Waals surface area contributed by atoms with Crippen LogP contribution in [-0.4, -0.2) is 30.3 Å². The summed E-state index contributed by atoms with van der Waals surface area (Å²) in [6.07, 6.45) is 0.705. The van der Waals surface area contributed by atoms with Crippen molar-refractivity contribution in [2.24, 2.45) is 0 Å². The number of anilines is 1. The first-order valence-electron chi connectivity index (χ1n) is 10.2. The van der Waals surface area contributed by atoms with Crippen LogP contribution in [0.15, 0.2) is 64.3 Å². The van der Waals surface area contributed by atoms with Crippen molar-refractivity contribution in [3.8, 4) is 11.4 Å². The van der Waals surface area contributed by atoms with Crippen LogP contribution in [0.5, 0.6) is 0 Å². The number of hydrogen-bond acceptors (Lipinski definition) is 5. The van der Waals surface area contributed by atoms with Gasteiger partial charge in [0.25, 0.3) is 5.56 Å². The molecule has 1 heterocycles. The Kier molecular flexibility index (Phi) is 7.22. The van der Waals surface area contributed by atoms with Crippen LogP contribution in [0, 0.1) is 6.92 Å². The summed E-state index contributed by atoms with van der Waals surface area (Å²) < 4.78 is 26.9. The fourth-order valence-electron chi connectivity index (χ4n) is 3.16. The van der Waals surface area contributed by atoms with Crippen LogP contribution in [0.25, 0.3) is 11.4 Å². The summed E-state index contributed by atoms with van der Waals surface area (Å²) in [4.78, 5) is 31.3. The molecule has 0 saturated heterocycles. The van der Waals surface area contributed by atoms with Crippen LogP contribution in [-0.2, 0) is 21.2 Å². The van der Waals surface area contributed by atoms with E-state index >= 15 is 0 Å². The Morgan fingerprint density at radius 2 is 1.81 bits per heavy atom. The number of sulfonamides is 1. The predicted molar refractivity (Wildman–Crippen MR) is 124 cm³/mol. The van der Waals surface area contributed by atoms with Gasteiger partial charge in [0.15, 0.2) is 0 Å². The Morgan fingerprint density at radius 1 is 1.09 bits per heavy atom. The van der Waals surface area contributed by atoms with Gasteiger partial charge in [0.1, 0.15) is 5.82 Å². The van der Waals surface area contributed by atoms with Crippen LogP contribution in [0.4, 0.5) is 5.69 Å². The minimum Gasteiger partial charge on any atom is -0.326 e. The lowest BCUT2D eigenvalue weighted by atomic mass is 10.1. The summed E-state index contributed by atoms with van der Waals surface area (Å²) in [7, 11) is -3.54. The van der Waals surface area contributed by atoms with Gasteiger partial charge < -0.3 is 10.3 Å². The number of rotatable bonds is 8. The Bertz CT molecular complexity index is 1270. The highest BCUT2D eigenvalue weighted by Crippen LogP contribution is 2.19. The maximum Gasteiger partial charge on any atom is 0.251 e. The van der Waals surface area contributed by atoms with Gasteiger partial charge in [-0.05, 0) is 57.0 Å². The van der Waals surface area contributed by atoms with Crippen molar-refractivity contribution >= 4 is 21.6 Å². The van der Waals surface area contributed by atoms with Crippen molar-refractivity contribution in [2.75, 3.05) is 5.32 Å². The first kappa shape index (κ1) is 23.4. The molecule has 168 valence electrons. The van der Waals surface area contributed by atoms with Gasteiger partial charge >= 0.3 is 0 Å². The average Bonchev–Trinajstić information content (AvgIpc) is 2.71. The molecule has 0 aliphatic carbocycles. The molecule has 0 atom stereocenters. The zero-order valence-electron chi connectivity index (χ0n) is 18.2. The molecule has 0 bridgehead atoms. The van der Waals surface area contributed by atoms with E-state index in [0.29, 0.717) is 29.2 Å². The Labute approximate surface area is 187 Å². The average molecular weight is 455 g/mol. The lowest BCUT2D eigenvalue weighted by Crippen LogP contribution is -2.30. The van der Waals surface area contributed by atoms with Crippen LogP contribution in [0.2, 0.25) is 0 Å². The molecule has 3 aromatic rings. The number of carbonyl (C=O) groups is 1. The molecule has 8 nitrogen and oxygen atoms in total. The van der Waals surface area contributed by atoms with Crippen molar-refractivity contribution in [1.29, 1.82) is 0 Å². The lowest BCUT2D eigenvalue weighted by molar-refractivity contribution is -0.116. The highest BCUT2D eigenvalue weighted by molar-refractivity contribution is 7.89. The second-order valence-electron chi connectivity index (χ2n) is 7.78. The van der Waals surface area contributed by atoms with Crippen molar-refractivity contribution in [2.45, 2.75) is 44.6 Å². The summed E-state index contributed by atoms with van der Waals surface area (Å²) in [6, 6.07) is 14.8. The van der Waals surface area contributed by atoms with Crippen molar-refractivity contribution in [3.63, 3.8) is 0 Å². The highest BCUT2D eigenvalue weighted by Gasteiger charge is 2.15. The molecule has 0 spiro atoms. The molecule has 2 aromatic carbocycles. The molecule has 0 aliphatic rings. The maximum atomic E-state index is 12.4. The van der Waals surface area contributed by atoms with E-state index in [1.54, 1.807) is 57.2 Å². The standard InChI is InChI=1S/C23H26N4O4S/c1-15(2)27-32(30,31)20-10-7-17(8-11-20)9-12-21(28)25-19-6-4-5-18(14-19)23-24-16(3)13-22(29)26-23/h4-8,10-11,13-15,27H,9,12H2,1-3H3,(H,25,28)(H,24,26,29). The number of benzene rings is 2. The molecular formula is C23H26N4O4S. The van der Waals surface area contributed by atoms with E-state index in [-0.39, 0.29) is 28.8 Å². The summed E-state index contributed by atoms with van der Waals surface area (Å²) >= 11 is 0. The third kappa shape index (κ3) is 6.35. The molecule has 0 unspecified atom stereocenters. The van der Waals surface area contributed by atoms with Gasteiger partial charge in [-0.2, -0.15) is 0 Å². The fraction of sp³-hybridized carbons (Fsp3) is 0.261. The van der Waals surface area contributed by atoms with E-state index in [1.165, 1.54) is 18.2 Å². The second-order valence-corrected chi connectivity index (χ2v) is 9.50. The predicted octanol–water partition coefficient (Wildman–Crippen LogP) is 3.00. The SMILES string of the molecule is Cc1cc(=O)[nH]c(-c2cccc(NC(=O)CCc3ccc(S(=O)(=O)NC(C)C)cc3)c2)n1. The van der Waals surface area contributed by atoms with E-state index in [0.717, 1.165) is 5.56 Å². The molecule has 1 amide bonds. The van der Waals surface area contributed by atoms with Gasteiger partial charge in [0, 0.05) is 35.5 Å². The van der Waals surface area contributed by atoms with E-state index in [9.17, 15) is 18.0 Å². The van der Waals surface area contributed by atoms with E-state index in [2.05, 4.69) is 20.0 Å². The summed E-state index contributed by atoms with van der Waals surface area (Å²) in [6.45, 7) is 5.26. The van der Waals surface area contributed by atoms with Crippen molar-refractivity contribution in [1.82, 2.24) is 14.7 Å². The fourth-order valence-corrected chi connectivity index (χ4v) is 4.41. The number of H-pyrrole nitrogens is 1. The molecule has 0 saturated carbocycles.